The molecule has 2 aromatic heterocycles. The van der Waals surface area contributed by atoms with Crippen LogP contribution in [0.2, 0.25) is 0 Å². The molecule has 3 heteroatoms. The first kappa shape index (κ1) is 56.1. The van der Waals surface area contributed by atoms with E-state index in [-0.39, 0.29) is 10.8 Å². The average Bonchev–Trinajstić information content (AvgIpc) is 1.54. The maximum atomic E-state index is 2.67. The lowest BCUT2D eigenvalue weighted by Gasteiger charge is -2.34. The summed E-state index contributed by atoms with van der Waals surface area (Å²) in [5, 5.41) is 20.8. The third kappa shape index (κ3) is 9.00. The van der Waals surface area contributed by atoms with Crippen molar-refractivity contribution < 1.29 is 0 Å². The van der Waals surface area contributed by atoms with Crippen LogP contribution >= 0.6 is 0 Å². The Morgan fingerprint density at radius 1 is 0.242 bits per heavy atom. The fourth-order valence-electron chi connectivity index (χ4n) is 15.6. The van der Waals surface area contributed by atoms with Gasteiger partial charge in [-0.15, -0.1) is 0 Å². The monoisotopic (exact) mass is 1200 g/mol. The van der Waals surface area contributed by atoms with Gasteiger partial charge in [0, 0.05) is 21.5 Å². The van der Waals surface area contributed by atoms with Crippen molar-refractivity contribution in [1.82, 2.24) is 4.40 Å². The number of fused-ring (bicyclic) bond motifs is 8. The Balaban J connectivity index is 1.06. The second-order valence-electron chi connectivity index (χ2n) is 27.1. The molecule has 16 aromatic rings. The summed E-state index contributed by atoms with van der Waals surface area (Å²) in [5.74, 6) is 0. The first-order chi connectivity index (χ1) is 44.4. The van der Waals surface area contributed by atoms with E-state index in [1.54, 1.807) is 0 Å². The van der Waals surface area contributed by atoms with Crippen molar-refractivity contribution in [2.75, 3.05) is 0 Å². The number of aromatic nitrogens is 1. The molecule has 0 fully saturated rings. The average molecular weight is 1200 g/mol. The van der Waals surface area contributed by atoms with E-state index in [2.05, 4.69) is 367 Å². The first-order valence-corrected chi connectivity index (χ1v) is 36.2. The molecule has 0 aliphatic rings. The lowest BCUT2D eigenvalue weighted by atomic mass is 9.78. The summed E-state index contributed by atoms with van der Waals surface area (Å²) in [7, 11) is -5.86. The van der Waals surface area contributed by atoms with E-state index in [1.165, 1.54) is 146 Å². The van der Waals surface area contributed by atoms with Crippen LogP contribution in [-0.2, 0) is 10.8 Å². The van der Waals surface area contributed by atoms with Crippen LogP contribution in [0.4, 0.5) is 0 Å². The number of hydrogen-bond donors (Lipinski definition) is 0. The van der Waals surface area contributed by atoms with Crippen LogP contribution in [0.15, 0.2) is 322 Å². The largest absolute Gasteiger partial charge is 0.308 e. The summed E-state index contributed by atoms with van der Waals surface area (Å²) in [5.41, 5.74) is 13.6. The molecule has 0 saturated carbocycles. The zero-order valence-corrected chi connectivity index (χ0v) is 54.5. The van der Waals surface area contributed by atoms with E-state index in [0.717, 1.165) is 0 Å². The molecule has 14 aromatic carbocycles. The molecule has 0 atom stereocenters. The fourth-order valence-corrected chi connectivity index (χ4v) is 25.2. The van der Waals surface area contributed by atoms with Crippen molar-refractivity contribution in [3.05, 3.63) is 333 Å². The van der Waals surface area contributed by atoms with Gasteiger partial charge in [-0.1, -0.05) is 339 Å². The lowest BCUT2D eigenvalue weighted by molar-refractivity contribution is 0.569. The van der Waals surface area contributed by atoms with E-state index in [1.807, 2.05) is 0 Å². The van der Waals surface area contributed by atoms with Crippen LogP contribution in [0.1, 0.15) is 52.7 Å². The molecule has 16 rings (SSSR count). The minimum atomic E-state index is -2.93. The molecular weight excluding hydrogens is 1130 g/mol. The Labute approximate surface area is 536 Å². The molecule has 0 saturated heterocycles. The van der Waals surface area contributed by atoms with E-state index in [9.17, 15) is 0 Å². The van der Waals surface area contributed by atoms with Gasteiger partial charge in [-0.25, -0.2) is 0 Å². The Hall–Kier alpha value is -10.2. The highest BCUT2D eigenvalue weighted by atomic mass is 28.3. The highest BCUT2D eigenvalue weighted by Crippen LogP contribution is 2.51. The van der Waals surface area contributed by atoms with Gasteiger partial charge in [0.2, 0.25) is 0 Å². The van der Waals surface area contributed by atoms with Crippen LogP contribution in [0.25, 0.3) is 93.0 Å². The summed E-state index contributed by atoms with van der Waals surface area (Å²) < 4.78 is 2.67. The number of rotatable bonds is 11. The lowest BCUT2D eigenvalue weighted by Crippen LogP contribution is -2.74. The van der Waals surface area contributed by atoms with Crippen LogP contribution < -0.4 is 41.5 Å². The van der Waals surface area contributed by atoms with Crippen molar-refractivity contribution in [3.8, 4) is 33.4 Å². The predicted molar refractivity (Wildman–Crippen MR) is 397 cm³/mol. The van der Waals surface area contributed by atoms with Gasteiger partial charge in [0.1, 0.15) is 0 Å². The third-order valence-electron chi connectivity index (χ3n) is 19.8. The topological polar surface area (TPSA) is 4.41 Å². The Bertz CT molecular complexity index is 4870. The second kappa shape index (κ2) is 21.8. The molecule has 0 bridgehead atoms. The van der Waals surface area contributed by atoms with E-state index in [0.29, 0.717) is 0 Å². The maximum absolute atomic E-state index is 2.93. The first-order valence-electron chi connectivity index (χ1n) is 32.2. The number of nitrogens with zero attached hydrogens (tertiary/aromatic N) is 1. The van der Waals surface area contributed by atoms with Gasteiger partial charge in [-0.05, 0) is 143 Å². The van der Waals surface area contributed by atoms with Gasteiger partial charge >= 0.3 is 0 Å². The zero-order valence-electron chi connectivity index (χ0n) is 52.5. The second-order valence-corrected chi connectivity index (χ2v) is 34.8. The van der Waals surface area contributed by atoms with Crippen molar-refractivity contribution in [2.24, 2.45) is 0 Å². The Kier molecular flexibility index (Phi) is 13.4. The van der Waals surface area contributed by atoms with Gasteiger partial charge in [-0.3, -0.25) is 0 Å². The summed E-state index contributed by atoms with van der Waals surface area (Å²) in [4.78, 5) is 0. The molecule has 436 valence electrons. The van der Waals surface area contributed by atoms with Crippen LogP contribution in [0, 0.1) is 0 Å². The Morgan fingerprint density at radius 2 is 0.538 bits per heavy atom. The number of hydrogen-bond acceptors (Lipinski definition) is 0. The Morgan fingerprint density at radius 3 is 0.868 bits per heavy atom. The van der Waals surface area contributed by atoms with Crippen LogP contribution in [-0.4, -0.2) is 20.5 Å². The van der Waals surface area contributed by atoms with Gasteiger partial charge in [-0.2, -0.15) is 0 Å². The summed E-state index contributed by atoms with van der Waals surface area (Å²) in [6, 6.07) is 123. The minimum Gasteiger partial charge on any atom is -0.308 e. The van der Waals surface area contributed by atoms with E-state index in [4.69, 9.17) is 0 Å². The predicted octanol–water partition coefficient (Wildman–Crippen LogP) is 17.5. The molecular formula is C88H71NSi2. The highest BCUT2D eigenvalue weighted by molar-refractivity contribution is 7.20. The molecule has 0 radical (unpaired) electrons. The summed E-state index contributed by atoms with van der Waals surface area (Å²) >= 11 is 0. The molecule has 91 heavy (non-hydrogen) atoms. The van der Waals surface area contributed by atoms with Crippen LogP contribution in [0.3, 0.4) is 0 Å². The minimum absolute atomic E-state index is 0.0801. The van der Waals surface area contributed by atoms with Gasteiger partial charge in [0.25, 0.3) is 0 Å². The van der Waals surface area contributed by atoms with Crippen molar-refractivity contribution in [1.29, 1.82) is 0 Å². The molecule has 0 N–H and O–H groups in total. The van der Waals surface area contributed by atoms with Crippen molar-refractivity contribution in [3.63, 3.8) is 0 Å². The molecule has 0 unspecified atom stereocenters. The maximum Gasteiger partial charge on any atom is 0.179 e. The van der Waals surface area contributed by atoms with E-state index < -0.39 is 16.1 Å². The van der Waals surface area contributed by atoms with Gasteiger partial charge in [0.15, 0.2) is 16.1 Å². The third-order valence-corrected chi connectivity index (χ3v) is 29.4. The van der Waals surface area contributed by atoms with Gasteiger partial charge < -0.3 is 4.40 Å². The zero-order chi connectivity index (χ0) is 61.6. The van der Waals surface area contributed by atoms with Gasteiger partial charge in [0.05, 0.1) is 16.6 Å². The molecule has 1 nitrogen and oxygen atoms in total. The SMILES string of the molecule is CC(C)(C)c1cc(-c2cc3c4c(-c5cccc([Si](c6ccccc6)(c6ccccc6)c6ccccc6)c5)c5ccccc5cc4n4c5cc6ccccc6c(-c6cccc([Si](c7ccccc7)(c7ccccc7)c7ccccc7)c6)c5c(c2)c34)cc(C(C)(C)C)c1. The van der Waals surface area contributed by atoms with Crippen molar-refractivity contribution in [2.45, 2.75) is 52.4 Å². The quantitative estimate of drug-likeness (QED) is 0.0898. The van der Waals surface area contributed by atoms with E-state index >= 15 is 0 Å². The smallest absolute Gasteiger partial charge is 0.179 e. The molecule has 2 heterocycles. The molecule has 0 aliphatic heterocycles. The number of benzene rings is 14. The summed E-state index contributed by atoms with van der Waals surface area (Å²) in [6.07, 6.45) is 0. The standard InChI is InChI=1S/C88H71NSi2/c1-87(2,3)66-51-64(52-67(59-66)88(4,5)6)65-55-78-84-80(57-60-31-25-27-49-76(60)82(84)62-33-29-47-74(53-62)90(68-35-13-7-14-36-68,69-37-15-8-16-38-69)70-39-17-9-18-40-70)89-81-58-61-32-26-28-50-77(61)83(85(81)79(56-65)86(78)89)63-34-30-48-75(54-63)91(71-41-19-10-20-42-71,72-43-21-11-22-44-72)73-45-23-12-24-46-73/h7-59H,1-6H3. The van der Waals surface area contributed by atoms with Crippen molar-refractivity contribution >= 4 is 117 Å². The molecule has 0 aliphatic carbocycles. The molecule has 0 spiro atoms. The molecule has 0 amide bonds. The fraction of sp³-hybridized carbons (Fsp3) is 0.0909. The summed E-state index contributed by atoms with van der Waals surface area (Å²) in [6.45, 7) is 14.2. The highest BCUT2D eigenvalue weighted by Gasteiger charge is 2.43. The van der Waals surface area contributed by atoms with Crippen LogP contribution in [0.5, 0.6) is 0 Å². The normalized spacial score (nSPS) is 12.5.